The number of carbonyl (C=O) groups excluding carboxylic acids is 2. The molecule has 0 saturated carbocycles. The Labute approximate surface area is 127 Å². The standard InChI is InChI=1S/C17H26N2O2/c1-5-13(6-2)17(21)19(4)12-16(20)18-15-11-9-8-10-14(15)7-3/h8-11,13H,5-7,12H2,1-4H3,(H,18,20). The number of anilines is 1. The Bertz CT molecular complexity index is 481. The molecule has 0 aromatic heterocycles. The van der Waals surface area contributed by atoms with Crippen LogP contribution in [0.15, 0.2) is 24.3 Å². The highest BCUT2D eigenvalue weighted by Crippen LogP contribution is 2.15. The van der Waals surface area contributed by atoms with Gasteiger partial charge in [0, 0.05) is 18.7 Å². The maximum Gasteiger partial charge on any atom is 0.243 e. The highest BCUT2D eigenvalue weighted by Gasteiger charge is 2.20. The first-order valence-corrected chi connectivity index (χ1v) is 7.66. The number of amides is 2. The molecule has 1 aromatic rings. The van der Waals surface area contributed by atoms with Gasteiger partial charge in [-0.15, -0.1) is 0 Å². The zero-order chi connectivity index (χ0) is 15.8. The average molecular weight is 290 g/mol. The predicted molar refractivity (Wildman–Crippen MR) is 86.2 cm³/mol. The van der Waals surface area contributed by atoms with Crippen molar-refractivity contribution >= 4 is 17.5 Å². The molecule has 1 rings (SSSR count). The number of likely N-dealkylation sites (N-methyl/N-ethyl adjacent to an activating group) is 1. The largest absolute Gasteiger partial charge is 0.336 e. The first-order valence-electron chi connectivity index (χ1n) is 7.66. The van der Waals surface area contributed by atoms with Crippen molar-refractivity contribution < 1.29 is 9.59 Å². The molecule has 0 aliphatic carbocycles. The van der Waals surface area contributed by atoms with Crippen molar-refractivity contribution in [3.63, 3.8) is 0 Å². The first-order chi connectivity index (χ1) is 10.0. The highest BCUT2D eigenvalue weighted by atomic mass is 16.2. The summed E-state index contributed by atoms with van der Waals surface area (Å²) in [4.78, 5) is 25.8. The Morgan fingerprint density at radius 1 is 1.14 bits per heavy atom. The summed E-state index contributed by atoms with van der Waals surface area (Å²) in [6, 6.07) is 7.74. The first kappa shape index (κ1) is 17.2. The topological polar surface area (TPSA) is 49.4 Å². The number of hydrogen-bond acceptors (Lipinski definition) is 2. The maximum absolute atomic E-state index is 12.2. The van der Waals surface area contributed by atoms with Gasteiger partial charge in [-0.1, -0.05) is 39.0 Å². The number of aryl methyl sites for hydroxylation is 1. The van der Waals surface area contributed by atoms with Crippen LogP contribution in [0.5, 0.6) is 0 Å². The Balaban J connectivity index is 2.63. The van der Waals surface area contributed by atoms with E-state index >= 15 is 0 Å². The minimum atomic E-state index is -0.155. The van der Waals surface area contributed by atoms with Crippen molar-refractivity contribution in [2.24, 2.45) is 5.92 Å². The smallest absolute Gasteiger partial charge is 0.243 e. The van der Waals surface area contributed by atoms with E-state index in [2.05, 4.69) is 5.32 Å². The second-order valence-corrected chi connectivity index (χ2v) is 5.27. The number of carbonyl (C=O) groups is 2. The van der Waals surface area contributed by atoms with Gasteiger partial charge in [0.05, 0.1) is 6.54 Å². The maximum atomic E-state index is 12.2. The van der Waals surface area contributed by atoms with Crippen LogP contribution in [0.3, 0.4) is 0 Å². The number of benzene rings is 1. The molecular formula is C17H26N2O2. The van der Waals surface area contributed by atoms with Gasteiger partial charge in [-0.25, -0.2) is 0 Å². The quantitative estimate of drug-likeness (QED) is 0.839. The fourth-order valence-corrected chi connectivity index (χ4v) is 2.38. The molecule has 1 aromatic carbocycles. The zero-order valence-corrected chi connectivity index (χ0v) is 13.5. The van der Waals surface area contributed by atoms with Gasteiger partial charge >= 0.3 is 0 Å². The van der Waals surface area contributed by atoms with Gasteiger partial charge in [0.25, 0.3) is 0 Å². The number of hydrogen-bond donors (Lipinski definition) is 1. The molecule has 0 unspecified atom stereocenters. The third-order valence-electron chi connectivity index (χ3n) is 3.76. The number of nitrogens with zero attached hydrogens (tertiary/aromatic N) is 1. The van der Waals surface area contributed by atoms with Gasteiger partial charge in [0.15, 0.2) is 0 Å². The van der Waals surface area contributed by atoms with Gasteiger partial charge in [0.1, 0.15) is 0 Å². The molecule has 0 fully saturated rings. The third-order valence-corrected chi connectivity index (χ3v) is 3.76. The van der Waals surface area contributed by atoms with E-state index in [1.807, 2.05) is 45.0 Å². The summed E-state index contributed by atoms with van der Waals surface area (Å²) < 4.78 is 0. The molecule has 116 valence electrons. The van der Waals surface area contributed by atoms with E-state index in [4.69, 9.17) is 0 Å². The van der Waals surface area contributed by atoms with Crippen LogP contribution in [-0.4, -0.2) is 30.3 Å². The number of nitrogens with one attached hydrogen (secondary N) is 1. The molecular weight excluding hydrogens is 264 g/mol. The Morgan fingerprint density at radius 2 is 1.76 bits per heavy atom. The second kappa shape index (κ2) is 8.45. The lowest BCUT2D eigenvalue weighted by molar-refractivity contribution is -0.137. The second-order valence-electron chi connectivity index (χ2n) is 5.27. The Hall–Kier alpha value is -1.84. The molecule has 0 bridgehead atoms. The summed E-state index contributed by atoms with van der Waals surface area (Å²) in [6.45, 7) is 6.13. The summed E-state index contributed by atoms with van der Waals surface area (Å²) >= 11 is 0. The summed E-state index contributed by atoms with van der Waals surface area (Å²) in [7, 11) is 1.69. The predicted octanol–water partition coefficient (Wildman–Crippen LogP) is 3.08. The van der Waals surface area contributed by atoms with Crippen LogP contribution < -0.4 is 5.32 Å². The van der Waals surface area contributed by atoms with Gasteiger partial charge in [-0.3, -0.25) is 9.59 Å². The zero-order valence-electron chi connectivity index (χ0n) is 13.5. The lowest BCUT2D eigenvalue weighted by atomic mass is 10.0. The van der Waals surface area contributed by atoms with E-state index in [9.17, 15) is 9.59 Å². The fraction of sp³-hybridized carbons (Fsp3) is 0.529. The van der Waals surface area contributed by atoms with Crippen molar-refractivity contribution in [1.82, 2.24) is 4.90 Å². The van der Waals surface area contributed by atoms with Gasteiger partial charge in [-0.05, 0) is 30.9 Å². The highest BCUT2D eigenvalue weighted by molar-refractivity contribution is 5.95. The van der Waals surface area contributed by atoms with Crippen molar-refractivity contribution in [2.75, 3.05) is 18.9 Å². The number of para-hydroxylation sites is 1. The lowest BCUT2D eigenvalue weighted by Gasteiger charge is -2.22. The monoisotopic (exact) mass is 290 g/mol. The summed E-state index contributed by atoms with van der Waals surface area (Å²) in [5, 5.41) is 2.89. The molecule has 0 aliphatic rings. The van der Waals surface area contributed by atoms with Crippen LogP contribution >= 0.6 is 0 Å². The number of rotatable bonds is 7. The van der Waals surface area contributed by atoms with E-state index in [1.165, 1.54) is 4.90 Å². The van der Waals surface area contributed by atoms with Crippen LogP contribution in [-0.2, 0) is 16.0 Å². The molecule has 0 aliphatic heterocycles. The van der Waals surface area contributed by atoms with Crippen molar-refractivity contribution in [2.45, 2.75) is 40.0 Å². The molecule has 0 heterocycles. The molecule has 4 nitrogen and oxygen atoms in total. The molecule has 0 spiro atoms. The Kier molecular flexibility index (Phi) is 6.92. The van der Waals surface area contributed by atoms with Crippen LogP contribution in [0, 0.1) is 5.92 Å². The summed E-state index contributed by atoms with van der Waals surface area (Å²) in [6.07, 6.45) is 2.47. The lowest BCUT2D eigenvalue weighted by Crippen LogP contribution is -2.38. The Morgan fingerprint density at radius 3 is 2.33 bits per heavy atom. The molecule has 0 atom stereocenters. The summed E-state index contributed by atoms with van der Waals surface area (Å²) in [5.74, 6) is -0.109. The van der Waals surface area contributed by atoms with Crippen LogP contribution in [0.2, 0.25) is 0 Å². The van der Waals surface area contributed by atoms with Gasteiger partial charge in [0.2, 0.25) is 11.8 Å². The SMILES string of the molecule is CCc1ccccc1NC(=O)CN(C)C(=O)C(CC)CC. The minimum absolute atomic E-state index is 0.00530. The van der Waals surface area contributed by atoms with Crippen molar-refractivity contribution in [3.8, 4) is 0 Å². The van der Waals surface area contributed by atoms with E-state index in [1.54, 1.807) is 7.05 Å². The third kappa shape index (κ3) is 4.88. The molecule has 1 N–H and O–H groups in total. The van der Waals surface area contributed by atoms with Crippen LogP contribution in [0.4, 0.5) is 5.69 Å². The van der Waals surface area contributed by atoms with E-state index in [0.29, 0.717) is 0 Å². The van der Waals surface area contributed by atoms with Crippen LogP contribution in [0.1, 0.15) is 39.2 Å². The van der Waals surface area contributed by atoms with Gasteiger partial charge in [-0.2, -0.15) is 0 Å². The van der Waals surface area contributed by atoms with Crippen molar-refractivity contribution in [1.29, 1.82) is 0 Å². The van der Waals surface area contributed by atoms with E-state index < -0.39 is 0 Å². The van der Waals surface area contributed by atoms with Crippen LogP contribution in [0.25, 0.3) is 0 Å². The molecule has 21 heavy (non-hydrogen) atoms. The molecule has 4 heteroatoms. The van der Waals surface area contributed by atoms with Gasteiger partial charge < -0.3 is 10.2 Å². The molecule has 0 saturated heterocycles. The molecule has 2 amide bonds. The van der Waals surface area contributed by atoms with E-state index in [0.717, 1.165) is 30.5 Å². The van der Waals surface area contributed by atoms with Crippen molar-refractivity contribution in [3.05, 3.63) is 29.8 Å². The minimum Gasteiger partial charge on any atom is -0.336 e. The normalized spacial score (nSPS) is 10.5. The van der Waals surface area contributed by atoms with E-state index in [-0.39, 0.29) is 24.3 Å². The average Bonchev–Trinajstić information content (AvgIpc) is 2.48. The summed E-state index contributed by atoms with van der Waals surface area (Å²) in [5.41, 5.74) is 1.92. The fourth-order valence-electron chi connectivity index (χ4n) is 2.38. The molecule has 0 radical (unpaired) electrons.